The van der Waals surface area contributed by atoms with Crippen LogP contribution in [0.1, 0.15) is 33.6 Å². The van der Waals surface area contributed by atoms with Gasteiger partial charge in [0.2, 0.25) is 0 Å². The maximum absolute atomic E-state index is 9.41. The van der Waals surface area contributed by atoms with E-state index in [1.807, 2.05) is 0 Å². The fraction of sp³-hybridized carbons (Fsp3) is 1.00. The van der Waals surface area contributed by atoms with Gasteiger partial charge in [-0.3, -0.25) is 0 Å². The van der Waals surface area contributed by atoms with Crippen LogP contribution in [0.5, 0.6) is 0 Å². The van der Waals surface area contributed by atoms with Crippen molar-refractivity contribution in [2.24, 2.45) is 5.92 Å². The molecule has 0 saturated carbocycles. The van der Waals surface area contributed by atoms with Crippen LogP contribution in [-0.4, -0.2) is 37.5 Å². The molecule has 3 nitrogen and oxygen atoms in total. The lowest BCUT2D eigenvalue weighted by molar-refractivity contribution is 0.0586. The normalized spacial score (nSPS) is 15.9. The van der Waals surface area contributed by atoms with E-state index in [4.69, 9.17) is 4.74 Å². The first-order valence-corrected chi connectivity index (χ1v) is 5.52. The second-order valence-electron chi connectivity index (χ2n) is 4.11. The van der Waals surface area contributed by atoms with Crippen molar-refractivity contribution in [2.45, 2.75) is 45.8 Å². The van der Waals surface area contributed by atoms with Gasteiger partial charge in [-0.05, 0) is 25.3 Å². The van der Waals surface area contributed by atoms with Crippen LogP contribution in [0.3, 0.4) is 0 Å². The maximum Gasteiger partial charge on any atom is 0.0785 e. The van der Waals surface area contributed by atoms with Crippen molar-refractivity contribution in [3.63, 3.8) is 0 Å². The zero-order valence-electron chi connectivity index (χ0n) is 9.92. The molecule has 0 aliphatic rings. The predicted octanol–water partition coefficient (Wildman–Crippen LogP) is 1.41. The van der Waals surface area contributed by atoms with E-state index in [2.05, 4.69) is 26.1 Å². The average molecular weight is 203 g/mol. The SMILES string of the molecule is CCC(NCCC(O)COC)C(C)C. The number of rotatable bonds is 8. The lowest BCUT2D eigenvalue weighted by atomic mass is 10.0. The van der Waals surface area contributed by atoms with Crippen molar-refractivity contribution >= 4 is 0 Å². The summed E-state index contributed by atoms with van der Waals surface area (Å²) < 4.78 is 4.86. The van der Waals surface area contributed by atoms with Gasteiger partial charge >= 0.3 is 0 Å². The van der Waals surface area contributed by atoms with E-state index in [9.17, 15) is 5.11 Å². The third kappa shape index (κ3) is 6.35. The predicted molar refractivity (Wildman–Crippen MR) is 59.4 cm³/mol. The maximum atomic E-state index is 9.41. The number of nitrogens with one attached hydrogen (secondary N) is 1. The Morgan fingerprint density at radius 3 is 2.43 bits per heavy atom. The van der Waals surface area contributed by atoms with E-state index in [-0.39, 0.29) is 6.10 Å². The number of aliphatic hydroxyl groups is 1. The molecule has 0 aromatic heterocycles. The van der Waals surface area contributed by atoms with E-state index in [0.29, 0.717) is 18.6 Å². The van der Waals surface area contributed by atoms with Crippen LogP contribution in [0, 0.1) is 5.92 Å². The average Bonchev–Trinajstić information content (AvgIpc) is 2.12. The molecule has 0 fully saturated rings. The minimum absolute atomic E-state index is 0.336. The van der Waals surface area contributed by atoms with Gasteiger partial charge in [0.25, 0.3) is 0 Å². The first-order chi connectivity index (χ1) is 6.61. The highest BCUT2D eigenvalue weighted by molar-refractivity contribution is 4.69. The van der Waals surface area contributed by atoms with E-state index in [0.717, 1.165) is 19.4 Å². The minimum atomic E-state index is -0.336. The lowest BCUT2D eigenvalue weighted by Gasteiger charge is -2.21. The van der Waals surface area contributed by atoms with E-state index in [1.54, 1.807) is 7.11 Å². The standard InChI is InChI=1S/C11H25NO2/c1-5-11(9(2)3)12-7-6-10(13)8-14-4/h9-13H,5-8H2,1-4H3. The highest BCUT2D eigenvalue weighted by Crippen LogP contribution is 2.05. The zero-order chi connectivity index (χ0) is 11.0. The second-order valence-corrected chi connectivity index (χ2v) is 4.11. The van der Waals surface area contributed by atoms with Gasteiger partial charge in [-0.25, -0.2) is 0 Å². The Labute approximate surface area is 87.8 Å². The molecule has 3 heteroatoms. The first kappa shape index (κ1) is 13.9. The molecule has 14 heavy (non-hydrogen) atoms. The molecule has 0 saturated heterocycles. The van der Waals surface area contributed by atoms with E-state index >= 15 is 0 Å². The van der Waals surface area contributed by atoms with Crippen LogP contribution >= 0.6 is 0 Å². The quantitative estimate of drug-likeness (QED) is 0.626. The van der Waals surface area contributed by atoms with Crippen LogP contribution in [0.2, 0.25) is 0 Å². The van der Waals surface area contributed by atoms with Crippen LogP contribution < -0.4 is 5.32 Å². The molecule has 0 amide bonds. The number of methoxy groups -OCH3 is 1. The number of ether oxygens (including phenoxy) is 1. The van der Waals surface area contributed by atoms with E-state index < -0.39 is 0 Å². The summed E-state index contributed by atoms with van der Waals surface area (Å²) in [5, 5.41) is 12.9. The molecule has 0 rings (SSSR count). The highest BCUT2D eigenvalue weighted by atomic mass is 16.5. The van der Waals surface area contributed by atoms with Gasteiger partial charge in [-0.15, -0.1) is 0 Å². The molecule has 0 aromatic carbocycles. The molecule has 0 aromatic rings. The molecule has 0 radical (unpaired) electrons. The largest absolute Gasteiger partial charge is 0.391 e. The summed E-state index contributed by atoms with van der Waals surface area (Å²) in [5.41, 5.74) is 0. The molecular weight excluding hydrogens is 178 g/mol. The smallest absolute Gasteiger partial charge is 0.0785 e. The topological polar surface area (TPSA) is 41.5 Å². The van der Waals surface area contributed by atoms with Crippen molar-refractivity contribution in [3.8, 4) is 0 Å². The number of hydrogen-bond donors (Lipinski definition) is 2. The monoisotopic (exact) mass is 203 g/mol. The summed E-state index contributed by atoms with van der Waals surface area (Å²) in [5.74, 6) is 0.652. The summed E-state index contributed by atoms with van der Waals surface area (Å²) in [6, 6.07) is 0.560. The lowest BCUT2D eigenvalue weighted by Crippen LogP contribution is -2.35. The molecule has 0 aliphatic heterocycles. The Morgan fingerprint density at radius 2 is 2.00 bits per heavy atom. The third-order valence-corrected chi connectivity index (χ3v) is 2.49. The molecule has 2 atom stereocenters. The summed E-state index contributed by atoms with van der Waals surface area (Å²) in [6.07, 6.45) is 1.56. The molecule has 0 heterocycles. The van der Waals surface area contributed by atoms with Gasteiger partial charge in [0.05, 0.1) is 12.7 Å². The Balaban J connectivity index is 3.50. The molecule has 0 bridgehead atoms. The van der Waals surface area contributed by atoms with Gasteiger partial charge in [0, 0.05) is 13.2 Å². The minimum Gasteiger partial charge on any atom is -0.391 e. The third-order valence-electron chi connectivity index (χ3n) is 2.49. The second kappa shape index (κ2) is 8.21. The highest BCUT2D eigenvalue weighted by Gasteiger charge is 2.10. The fourth-order valence-electron chi connectivity index (χ4n) is 1.56. The van der Waals surface area contributed by atoms with Crippen molar-refractivity contribution in [1.82, 2.24) is 5.32 Å². The Bertz CT molecular complexity index is 128. The number of aliphatic hydroxyl groups excluding tert-OH is 1. The Kier molecular flexibility index (Phi) is 8.14. The van der Waals surface area contributed by atoms with Crippen molar-refractivity contribution < 1.29 is 9.84 Å². The van der Waals surface area contributed by atoms with Gasteiger partial charge in [0.15, 0.2) is 0 Å². The van der Waals surface area contributed by atoms with Crippen LogP contribution in [0.15, 0.2) is 0 Å². The van der Waals surface area contributed by atoms with Crippen LogP contribution in [0.4, 0.5) is 0 Å². The Hall–Kier alpha value is -0.120. The molecule has 0 aliphatic carbocycles. The molecule has 0 spiro atoms. The van der Waals surface area contributed by atoms with Crippen molar-refractivity contribution in [1.29, 1.82) is 0 Å². The summed E-state index contributed by atoms with van der Waals surface area (Å²) in [7, 11) is 1.61. The first-order valence-electron chi connectivity index (χ1n) is 5.52. The zero-order valence-corrected chi connectivity index (χ0v) is 9.92. The molecular formula is C11H25NO2. The van der Waals surface area contributed by atoms with Gasteiger partial charge in [0.1, 0.15) is 0 Å². The molecule has 2 N–H and O–H groups in total. The van der Waals surface area contributed by atoms with E-state index in [1.165, 1.54) is 0 Å². The summed E-state index contributed by atoms with van der Waals surface area (Å²) in [6.45, 7) is 7.91. The van der Waals surface area contributed by atoms with Gasteiger partial charge in [-0.2, -0.15) is 0 Å². The summed E-state index contributed by atoms with van der Waals surface area (Å²) >= 11 is 0. The van der Waals surface area contributed by atoms with Crippen LogP contribution in [-0.2, 0) is 4.74 Å². The van der Waals surface area contributed by atoms with Crippen LogP contribution in [0.25, 0.3) is 0 Å². The summed E-state index contributed by atoms with van der Waals surface area (Å²) in [4.78, 5) is 0. The number of hydrogen-bond acceptors (Lipinski definition) is 3. The van der Waals surface area contributed by atoms with Gasteiger partial charge in [-0.1, -0.05) is 20.8 Å². The van der Waals surface area contributed by atoms with Crippen molar-refractivity contribution in [3.05, 3.63) is 0 Å². The van der Waals surface area contributed by atoms with Gasteiger partial charge < -0.3 is 15.2 Å². The fourth-order valence-corrected chi connectivity index (χ4v) is 1.56. The molecule has 2 unspecified atom stereocenters. The Morgan fingerprint density at radius 1 is 1.36 bits per heavy atom. The van der Waals surface area contributed by atoms with Crippen molar-refractivity contribution in [2.75, 3.05) is 20.3 Å². The molecule has 86 valence electrons.